The smallest absolute Gasteiger partial charge is 0.280 e. The van der Waals surface area contributed by atoms with Gasteiger partial charge in [-0.25, -0.2) is 5.48 Å². The van der Waals surface area contributed by atoms with E-state index in [2.05, 4.69) is 20.5 Å². The van der Waals surface area contributed by atoms with Gasteiger partial charge in [-0.1, -0.05) is 12.1 Å². The molecule has 23 heavy (non-hydrogen) atoms. The Bertz CT molecular complexity index is 694. The number of nitrogens with one attached hydrogen (secondary N) is 1. The molecule has 1 unspecified atom stereocenters. The van der Waals surface area contributed by atoms with Crippen LogP contribution in [0.4, 0.5) is 0 Å². The number of hydrogen-bond donors (Lipinski definition) is 1. The predicted molar refractivity (Wildman–Crippen MR) is 81.2 cm³/mol. The van der Waals surface area contributed by atoms with Gasteiger partial charge in [0.05, 0.1) is 7.11 Å². The maximum atomic E-state index is 12.1. The number of amides is 1. The summed E-state index contributed by atoms with van der Waals surface area (Å²) in [5, 5.41) is 8.15. The van der Waals surface area contributed by atoms with E-state index in [1.165, 1.54) is 14.2 Å². The number of nitrogens with zero attached hydrogens (tertiary/aromatic N) is 2. The number of hydrogen-bond acceptors (Lipinski definition) is 6. The number of hydroxylamine groups is 1. The Hall–Kier alpha value is -2.25. The van der Waals surface area contributed by atoms with E-state index in [1.807, 2.05) is 12.1 Å². The van der Waals surface area contributed by atoms with E-state index in [0.29, 0.717) is 23.3 Å². The van der Waals surface area contributed by atoms with Crippen LogP contribution in [0, 0.1) is 0 Å². The van der Waals surface area contributed by atoms with Crippen LogP contribution in [0.15, 0.2) is 28.7 Å². The highest BCUT2D eigenvalue weighted by Crippen LogP contribution is 2.40. The van der Waals surface area contributed by atoms with Crippen molar-refractivity contribution in [3.05, 3.63) is 35.7 Å². The Balaban J connectivity index is 1.83. The fraction of sp³-hybridized carbons (Fsp3) is 0.438. The Morgan fingerprint density at radius 1 is 1.26 bits per heavy atom. The summed E-state index contributed by atoms with van der Waals surface area (Å²) in [4.78, 5) is 16.8. The van der Waals surface area contributed by atoms with Gasteiger partial charge in [-0.2, -0.15) is 0 Å². The fourth-order valence-electron chi connectivity index (χ4n) is 2.31. The normalized spacial score (nSPS) is 16.8. The van der Waals surface area contributed by atoms with Crippen molar-refractivity contribution in [1.29, 1.82) is 0 Å². The van der Waals surface area contributed by atoms with Gasteiger partial charge in [0.25, 0.3) is 5.91 Å². The maximum absolute atomic E-state index is 12.1. The molecule has 1 saturated carbocycles. The number of carbonyl (C=O) groups excluding carboxylic acids is 1. The fourth-order valence-corrected chi connectivity index (χ4v) is 2.31. The molecule has 1 atom stereocenters. The van der Waals surface area contributed by atoms with Crippen LogP contribution in [-0.4, -0.2) is 30.3 Å². The molecule has 0 spiro atoms. The van der Waals surface area contributed by atoms with Crippen LogP contribution in [0.2, 0.25) is 0 Å². The van der Waals surface area contributed by atoms with Gasteiger partial charge >= 0.3 is 0 Å². The van der Waals surface area contributed by atoms with Crippen molar-refractivity contribution in [1.82, 2.24) is 15.7 Å². The third-order valence-corrected chi connectivity index (χ3v) is 4.09. The number of rotatable bonds is 6. The van der Waals surface area contributed by atoms with E-state index in [-0.39, 0.29) is 5.91 Å². The first-order chi connectivity index (χ1) is 11.1. The summed E-state index contributed by atoms with van der Waals surface area (Å²) in [5.74, 6) is 1.22. The Morgan fingerprint density at radius 3 is 2.52 bits per heavy atom. The number of ether oxygens (including phenoxy) is 1. The third-order valence-electron chi connectivity index (χ3n) is 4.09. The lowest BCUT2D eigenvalue weighted by Crippen LogP contribution is -2.43. The lowest BCUT2D eigenvalue weighted by atomic mass is 9.94. The lowest BCUT2D eigenvalue weighted by molar-refractivity contribution is -0.153. The minimum absolute atomic E-state index is 0.385. The number of methoxy groups -OCH3 is 1. The topological polar surface area (TPSA) is 86.5 Å². The predicted octanol–water partition coefficient (Wildman–Crippen LogP) is 2.15. The summed E-state index contributed by atoms with van der Waals surface area (Å²) >= 11 is 0. The van der Waals surface area contributed by atoms with Gasteiger partial charge < -0.3 is 9.15 Å². The molecule has 1 aromatic carbocycles. The molecule has 0 bridgehead atoms. The minimum Gasteiger partial charge on any atom is -0.420 e. The van der Waals surface area contributed by atoms with Crippen LogP contribution in [0.25, 0.3) is 11.5 Å². The number of aromatic nitrogens is 2. The van der Waals surface area contributed by atoms with E-state index < -0.39 is 5.60 Å². The quantitative estimate of drug-likeness (QED) is 0.822. The van der Waals surface area contributed by atoms with Gasteiger partial charge in [-0.05, 0) is 37.5 Å². The molecule has 122 valence electrons. The molecule has 2 aromatic rings. The Labute approximate surface area is 133 Å². The van der Waals surface area contributed by atoms with Crippen LogP contribution in [0.1, 0.15) is 37.1 Å². The second-order valence-electron chi connectivity index (χ2n) is 5.67. The van der Waals surface area contributed by atoms with Crippen molar-refractivity contribution in [2.24, 2.45) is 0 Å². The second kappa shape index (κ2) is 6.10. The lowest BCUT2D eigenvalue weighted by Gasteiger charge is -2.26. The molecule has 0 aliphatic heterocycles. The van der Waals surface area contributed by atoms with Gasteiger partial charge in [0.15, 0.2) is 5.60 Å². The summed E-state index contributed by atoms with van der Waals surface area (Å²) in [6, 6.07) is 7.26. The molecule has 1 N–H and O–H groups in total. The molecule has 1 heterocycles. The minimum atomic E-state index is -1.15. The van der Waals surface area contributed by atoms with Gasteiger partial charge in [0, 0.05) is 18.6 Å². The van der Waals surface area contributed by atoms with Crippen molar-refractivity contribution in [3.63, 3.8) is 0 Å². The zero-order valence-electron chi connectivity index (χ0n) is 13.3. The first-order valence-electron chi connectivity index (χ1n) is 7.41. The van der Waals surface area contributed by atoms with Gasteiger partial charge in [-0.15, -0.1) is 10.2 Å². The summed E-state index contributed by atoms with van der Waals surface area (Å²) in [6.45, 7) is 1.67. The number of carbonyl (C=O) groups is 1. The molecule has 7 heteroatoms. The Morgan fingerprint density at radius 2 is 1.96 bits per heavy atom. The standard InChI is InChI=1S/C16H19N3O4/c1-16(21-2,15(20)19-22-3)12-8-6-11(7-9-12)14-18-17-13(23-14)10-4-5-10/h6-10H,4-5H2,1-3H3,(H,19,20). The highest BCUT2D eigenvalue weighted by atomic mass is 16.6. The van der Waals surface area contributed by atoms with Crippen molar-refractivity contribution in [3.8, 4) is 11.5 Å². The molecule has 1 aromatic heterocycles. The summed E-state index contributed by atoms with van der Waals surface area (Å²) < 4.78 is 11.1. The molecule has 1 aliphatic rings. The molecule has 0 radical (unpaired) electrons. The highest BCUT2D eigenvalue weighted by Gasteiger charge is 2.35. The van der Waals surface area contributed by atoms with Crippen LogP contribution in [-0.2, 0) is 20.0 Å². The first-order valence-corrected chi connectivity index (χ1v) is 7.41. The molecule has 7 nitrogen and oxygen atoms in total. The SMILES string of the molecule is CONC(=O)C(C)(OC)c1ccc(-c2nnc(C3CC3)o2)cc1. The van der Waals surface area contributed by atoms with E-state index in [4.69, 9.17) is 9.15 Å². The van der Waals surface area contributed by atoms with E-state index >= 15 is 0 Å². The van der Waals surface area contributed by atoms with Crippen LogP contribution < -0.4 is 5.48 Å². The van der Waals surface area contributed by atoms with Gasteiger partial charge in [0.2, 0.25) is 11.8 Å². The second-order valence-corrected chi connectivity index (χ2v) is 5.67. The van der Waals surface area contributed by atoms with E-state index in [0.717, 1.165) is 18.4 Å². The average Bonchev–Trinajstić information content (AvgIpc) is 3.31. The van der Waals surface area contributed by atoms with E-state index in [1.54, 1.807) is 19.1 Å². The van der Waals surface area contributed by atoms with Crippen molar-refractivity contribution >= 4 is 5.91 Å². The molecular weight excluding hydrogens is 298 g/mol. The summed E-state index contributed by atoms with van der Waals surface area (Å²) in [7, 11) is 2.85. The zero-order chi connectivity index (χ0) is 16.4. The molecule has 0 saturated heterocycles. The Kier molecular flexibility index (Phi) is 4.14. The molecule has 1 fully saturated rings. The average molecular weight is 317 g/mol. The van der Waals surface area contributed by atoms with Gasteiger partial charge in [0.1, 0.15) is 0 Å². The summed E-state index contributed by atoms with van der Waals surface area (Å²) in [5.41, 5.74) is 2.65. The summed E-state index contributed by atoms with van der Waals surface area (Å²) in [6.07, 6.45) is 2.22. The largest absolute Gasteiger partial charge is 0.420 e. The zero-order valence-corrected chi connectivity index (χ0v) is 13.3. The molecule has 1 aliphatic carbocycles. The van der Waals surface area contributed by atoms with Crippen molar-refractivity contribution < 1.29 is 18.8 Å². The molecular formula is C16H19N3O4. The van der Waals surface area contributed by atoms with Crippen molar-refractivity contribution in [2.45, 2.75) is 31.3 Å². The van der Waals surface area contributed by atoms with Gasteiger partial charge in [-0.3, -0.25) is 9.63 Å². The third kappa shape index (κ3) is 2.97. The van der Waals surface area contributed by atoms with Crippen LogP contribution in [0.5, 0.6) is 0 Å². The van der Waals surface area contributed by atoms with Crippen molar-refractivity contribution in [2.75, 3.05) is 14.2 Å². The van der Waals surface area contributed by atoms with Crippen LogP contribution >= 0.6 is 0 Å². The van der Waals surface area contributed by atoms with Crippen LogP contribution in [0.3, 0.4) is 0 Å². The number of benzene rings is 1. The highest BCUT2D eigenvalue weighted by molar-refractivity contribution is 5.85. The molecule has 3 rings (SSSR count). The molecule has 1 amide bonds. The maximum Gasteiger partial charge on any atom is 0.280 e. The first kappa shape index (κ1) is 15.6. The van der Waals surface area contributed by atoms with E-state index in [9.17, 15) is 4.79 Å². The monoisotopic (exact) mass is 317 g/mol.